The molecule has 1 unspecified atom stereocenters. The molecule has 0 aliphatic heterocycles. The summed E-state index contributed by atoms with van der Waals surface area (Å²) < 4.78 is 5.68. The molecule has 0 N–H and O–H groups in total. The molecule has 4 heteroatoms. The first-order valence-corrected chi connectivity index (χ1v) is 7.12. The highest BCUT2D eigenvalue weighted by Gasteiger charge is 2.30. The molecule has 1 saturated carbocycles. The van der Waals surface area contributed by atoms with E-state index in [-0.39, 0.29) is 0 Å². The van der Waals surface area contributed by atoms with Crippen LogP contribution in [0.25, 0.3) is 0 Å². The van der Waals surface area contributed by atoms with Crippen LogP contribution in [0.4, 0.5) is 0 Å². The Morgan fingerprint density at radius 2 is 1.94 bits per heavy atom. The van der Waals surface area contributed by atoms with Crippen molar-refractivity contribution in [3.8, 4) is 5.75 Å². The first-order chi connectivity index (χ1) is 8.59. The standard InChI is InChI=1S/C14H19Cl2NO/c1-10(11-6-7-11)17(2)8-9-18-14-12(15)4-3-5-13(14)16/h3-5,10-11H,6-9H2,1-2H3. The van der Waals surface area contributed by atoms with Crippen LogP contribution >= 0.6 is 23.2 Å². The van der Waals surface area contributed by atoms with Gasteiger partial charge < -0.3 is 9.64 Å². The maximum absolute atomic E-state index is 6.04. The lowest BCUT2D eigenvalue weighted by molar-refractivity contribution is 0.186. The molecule has 0 heterocycles. The van der Waals surface area contributed by atoms with Crippen LogP contribution in [0.15, 0.2) is 18.2 Å². The van der Waals surface area contributed by atoms with Crippen molar-refractivity contribution in [3.63, 3.8) is 0 Å². The van der Waals surface area contributed by atoms with Gasteiger partial charge in [0, 0.05) is 12.6 Å². The smallest absolute Gasteiger partial charge is 0.156 e. The number of nitrogens with zero attached hydrogens (tertiary/aromatic N) is 1. The van der Waals surface area contributed by atoms with Crippen LogP contribution in [0.2, 0.25) is 10.0 Å². The summed E-state index contributed by atoms with van der Waals surface area (Å²) in [5, 5.41) is 1.14. The monoisotopic (exact) mass is 287 g/mol. The van der Waals surface area contributed by atoms with E-state index >= 15 is 0 Å². The minimum Gasteiger partial charge on any atom is -0.489 e. The molecule has 18 heavy (non-hydrogen) atoms. The van der Waals surface area contributed by atoms with E-state index in [1.165, 1.54) is 12.8 Å². The van der Waals surface area contributed by atoms with Crippen LogP contribution < -0.4 is 4.74 Å². The minimum absolute atomic E-state index is 0.570. The highest BCUT2D eigenvalue weighted by molar-refractivity contribution is 6.37. The molecule has 2 rings (SSSR count). The molecule has 1 aliphatic carbocycles. The van der Waals surface area contributed by atoms with Crippen LogP contribution in [0.3, 0.4) is 0 Å². The van der Waals surface area contributed by atoms with E-state index in [1.807, 2.05) is 6.07 Å². The van der Waals surface area contributed by atoms with E-state index in [0.29, 0.717) is 28.4 Å². The summed E-state index contributed by atoms with van der Waals surface area (Å²) in [7, 11) is 2.14. The van der Waals surface area contributed by atoms with Gasteiger partial charge in [-0.05, 0) is 44.9 Å². The Labute approximate surface area is 119 Å². The molecule has 0 bridgehead atoms. The molecule has 0 saturated heterocycles. The quantitative estimate of drug-likeness (QED) is 0.781. The predicted molar refractivity (Wildman–Crippen MR) is 76.8 cm³/mol. The average molecular weight is 288 g/mol. The molecular weight excluding hydrogens is 269 g/mol. The number of ether oxygens (including phenoxy) is 1. The topological polar surface area (TPSA) is 12.5 Å². The van der Waals surface area contributed by atoms with Crippen LogP contribution in [-0.4, -0.2) is 31.1 Å². The fourth-order valence-corrected chi connectivity index (χ4v) is 2.56. The SMILES string of the molecule is CC(C1CC1)N(C)CCOc1c(Cl)cccc1Cl. The second kappa shape index (κ2) is 6.14. The van der Waals surface area contributed by atoms with Crippen molar-refractivity contribution in [2.75, 3.05) is 20.2 Å². The van der Waals surface area contributed by atoms with Gasteiger partial charge in [0.1, 0.15) is 6.61 Å². The third kappa shape index (κ3) is 3.53. The molecule has 1 atom stereocenters. The van der Waals surface area contributed by atoms with Crippen LogP contribution in [-0.2, 0) is 0 Å². The minimum atomic E-state index is 0.570. The van der Waals surface area contributed by atoms with E-state index in [0.717, 1.165) is 12.5 Å². The average Bonchev–Trinajstić information content (AvgIpc) is 3.16. The number of halogens is 2. The zero-order valence-corrected chi connectivity index (χ0v) is 12.3. The number of likely N-dealkylation sites (N-methyl/N-ethyl adjacent to an activating group) is 1. The van der Waals surface area contributed by atoms with Gasteiger partial charge in [-0.3, -0.25) is 0 Å². The van der Waals surface area contributed by atoms with Crippen molar-refractivity contribution in [1.29, 1.82) is 0 Å². The van der Waals surface area contributed by atoms with Crippen LogP contribution in [0, 0.1) is 5.92 Å². The molecular formula is C14H19Cl2NO. The summed E-state index contributed by atoms with van der Waals surface area (Å²) in [6, 6.07) is 6.03. The van der Waals surface area contributed by atoms with E-state index in [9.17, 15) is 0 Å². The third-order valence-electron chi connectivity index (χ3n) is 3.61. The van der Waals surface area contributed by atoms with E-state index in [4.69, 9.17) is 27.9 Å². The Morgan fingerprint density at radius 3 is 2.50 bits per heavy atom. The number of hydrogen-bond acceptors (Lipinski definition) is 2. The fraction of sp³-hybridized carbons (Fsp3) is 0.571. The molecule has 0 amide bonds. The molecule has 100 valence electrons. The van der Waals surface area contributed by atoms with Gasteiger partial charge >= 0.3 is 0 Å². The predicted octanol–water partition coefficient (Wildman–Crippen LogP) is 4.10. The largest absolute Gasteiger partial charge is 0.489 e. The van der Waals surface area contributed by atoms with Crippen molar-refractivity contribution in [1.82, 2.24) is 4.90 Å². The molecule has 1 aromatic carbocycles. The second-order valence-corrected chi connectivity index (χ2v) is 5.77. The van der Waals surface area contributed by atoms with Gasteiger partial charge in [0.25, 0.3) is 0 Å². The molecule has 2 nitrogen and oxygen atoms in total. The van der Waals surface area contributed by atoms with Crippen molar-refractivity contribution < 1.29 is 4.74 Å². The van der Waals surface area contributed by atoms with Crippen LogP contribution in [0.5, 0.6) is 5.75 Å². The Kier molecular flexibility index (Phi) is 4.77. The molecule has 0 spiro atoms. The highest BCUT2D eigenvalue weighted by atomic mass is 35.5. The second-order valence-electron chi connectivity index (χ2n) is 4.96. The summed E-state index contributed by atoms with van der Waals surface area (Å²) in [6.45, 7) is 3.77. The Morgan fingerprint density at radius 1 is 1.33 bits per heavy atom. The molecule has 0 radical (unpaired) electrons. The number of rotatable bonds is 6. The lowest BCUT2D eigenvalue weighted by Gasteiger charge is -2.24. The van der Waals surface area contributed by atoms with Gasteiger partial charge in [-0.1, -0.05) is 29.3 Å². The molecule has 1 fully saturated rings. The van der Waals surface area contributed by atoms with E-state index in [1.54, 1.807) is 12.1 Å². The lowest BCUT2D eigenvalue weighted by atomic mass is 10.2. The summed E-state index contributed by atoms with van der Waals surface area (Å²) in [4.78, 5) is 2.34. The number of benzene rings is 1. The van der Waals surface area contributed by atoms with Crippen molar-refractivity contribution >= 4 is 23.2 Å². The maximum atomic E-state index is 6.04. The summed E-state index contributed by atoms with van der Waals surface area (Å²) in [5.74, 6) is 1.47. The zero-order chi connectivity index (χ0) is 13.1. The third-order valence-corrected chi connectivity index (χ3v) is 4.20. The number of hydrogen-bond donors (Lipinski definition) is 0. The summed E-state index contributed by atoms with van der Waals surface area (Å²) in [6.07, 6.45) is 2.73. The van der Waals surface area contributed by atoms with Gasteiger partial charge in [-0.25, -0.2) is 0 Å². The normalized spacial score (nSPS) is 16.9. The first-order valence-electron chi connectivity index (χ1n) is 6.36. The Balaban J connectivity index is 1.81. The fourth-order valence-electron chi connectivity index (χ4n) is 2.05. The maximum Gasteiger partial charge on any atom is 0.156 e. The van der Waals surface area contributed by atoms with E-state index in [2.05, 4.69) is 18.9 Å². The van der Waals surface area contributed by atoms with Crippen molar-refractivity contribution in [3.05, 3.63) is 28.2 Å². The van der Waals surface area contributed by atoms with E-state index < -0.39 is 0 Å². The lowest BCUT2D eigenvalue weighted by Crippen LogP contribution is -2.34. The summed E-state index contributed by atoms with van der Waals surface area (Å²) in [5.41, 5.74) is 0. The zero-order valence-electron chi connectivity index (χ0n) is 10.8. The number of para-hydroxylation sites is 1. The Bertz CT molecular complexity index is 387. The molecule has 1 aliphatic rings. The first kappa shape index (κ1) is 14.0. The Hall–Kier alpha value is -0.440. The van der Waals surface area contributed by atoms with Gasteiger partial charge in [0.05, 0.1) is 10.0 Å². The van der Waals surface area contributed by atoms with Crippen LogP contribution in [0.1, 0.15) is 19.8 Å². The van der Waals surface area contributed by atoms with Gasteiger partial charge in [-0.2, -0.15) is 0 Å². The van der Waals surface area contributed by atoms with Crippen molar-refractivity contribution in [2.24, 2.45) is 5.92 Å². The van der Waals surface area contributed by atoms with Gasteiger partial charge in [-0.15, -0.1) is 0 Å². The van der Waals surface area contributed by atoms with Gasteiger partial charge in [0.2, 0.25) is 0 Å². The summed E-state index contributed by atoms with van der Waals surface area (Å²) >= 11 is 12.1. The molecule has 0 aromatic heterocycles. The van der Waals surface area contributed by atoms with Crippen molar-refractivity contribution in [2.45, 2.75) is 25.8 Å². The van der Waals surface area contributed by atoms with Gasteiger partial charge in [0.15, 0.2) is 5.75 Å². The highest BCUT2D eigenvalue weighted by Crippen LogP contribution is 2.35. The molecule has 1 aromatic rings.